The van der Waals surface area contributed by atoms with Crippen LogP contribution in [0.25, 0.3) is 0 Å². The van der Waals surface area contributed by atoms with Crippen LogP contribution in [0.5, 0.6) is 0 Å². The third-order valence-electron chi connectivity index (χ3n) is 4.55. The Labute approximate surface area is 115 Å². The van der Waals surface area contributed by atoms with Crippen LogP contribution >= 0.6 is 0 Å². The van der Waals surface area contributed by atoms with Crippen molar-refractivity contribution in [2.45, 2.75) is 38.5 Å². The van der Waals surface area contributed by atoms with Crippen molar-refractivity contribution < 1.29 is 0 Å². The van der Waals surface area contributed by atoms with Gasteiger partial charge in [-0.1, -0.05) is 6.92 Å². The number of aromatic nitrogens is 3. The van der Waals surface area contributed by atoms with E-state index in [1.807, 2.05) is 7.05 Å². The second-order valence-electron chi connectivity index (χ2n) is 6.16. The molecule has 0 radical (unpaired) electrons. The molecule has 0 bridgehead atoms. The van der Waals surface area contributed by atoms with Crippen molar-refractivity contribution in [3.05, 3.63) is 5.82 Å². The SMILES string of the molecule is CNCC1CCCN(c2n[nH]c(C(C)C3CC3)n2)C1. The summed E-state index contributed by atoms with van der Waals surface area (Å²) in [7, 11) is 2.03. The van der Waals surface area contributed by atoms with Crippen LogP contribution in [0, 0.1) is 11.8 Å². The van der Waals surface area contributed by atoms with Gasteiger partial charge in [-0.2, -0.15) is 4.98 Å². The van der Waals surface area contributed by atoms with Crippen LogP contribution in [-0.4, -0.2) is 41.9 Å². The summed E-state index contributed by atoms with van der Waals surface area (Å²) in [5.41, 5.74) is 0. The molecule has 1 aliphatic carbocycles. The van der Waals surface area contributed by atoms with E-state index in [-0.39, 0.29) is 0 Å². The topological polar surface area (TPSA) is 56.8 Å². The first-order valence-electron chi connectivity index (χ1n) is 7.59. The van der Waals surface area contributed by atoms with Gasteiger partial charge < -0.3 is 10.2 Å². The molecule has 106 valence electrons. The fourth-order valence-corrected chi connectivity index (χ4v) is 3.13. The summed E-state index contributed by atoms with van der Waals surface area (Å²) in [6.45, 7) is 5.53. The number of anilines is 1. The summed E-state index contributed by atoms with van der Waals surface area (Å²) in [5.74, 6) is 4.08. The number of hydrogen-bond acceptors (Lipinski definition) is 4. The van der Waals surface area contributed by atoms with E-state index in [0.717, 1.165) is 43.2 Å². The Kier molecular flexibility index (Phi) is 3.73. The molecule has 0 amide bonds. The third kappa shape index (κ3) is 2.91. The van der Waals surface area contributed by atoms with Gasteiger partial charge in [0.15, 0.2) is 0 Å². The molecule has 1 aromatic heterocycles. The minimum Gasteiger partial charge on any atom is -0.339 e. The number of nitrogens with one attached hydrogen (secondary N) is 2. The van der Waals surface area contributed by atoms with E-state index in [1.165, 1.54) is 25.7 Å². The monoisotopic (exact) mass is 263 g/mol. The first kappa shape index (κ1) is 12.9. The Balaban J connectivity index is 1.64. The smallest absolute Gasteiger partial charge is 0.244 e. The lowest BCUT2D eigenvalue weighted by molar-refractivity contribution is 0.399. The number of nitrogens with zero attached hydrogens (tertiary/aromatic N) is 3. The minimum absolute atomic E-state index is 0.541. The molecule has 1 aromatic rings. The average Bonchev–Trinajstić information content (AvgIpc) is 3.16. The maximum atomic E-state index is 4.73. The van der Waals surface area contributed by atoms with E-state index >= 15 is 0 Å². The highest BCUT2D eigenvalue weighted by atomic mass is 15.4. The third-order valence-corrected chi connectivity index (χ3v) is 4.55. The van der Waals surface area contributed by atoms with Crippen LogP contribution < -0.4 is 10.2 Å². The molecule has 19 heavy (non-hydrogen) atoms. The lowest BCUT2D eigenvalue weighted by atomic mass is 9.98. The molecule has 2 N–H and O–H groups in total. The quantitative estimate of drug-likeness (QED) is 0.850. The molecule has 1 saturated heterocycles. The van der Waals surface area contributed by atoms with Gasteiger partial charge in [0, 0.05) is 19.0 Å². The lowest BCUT2D eigenvalue weighted by Gasteiger charge is -2.31. The summed E-state index contributed by atoms with van der Waals surface area (Å²) in [4.78, 5) is 7.07. The molecule has 2 fully saturated rings. The van der Waals surface area contributed by atoms with Gasteiger partial charge in [-0.15, -0.1) is 5.10 Å². The largest absolute Gasteiger partial charge is 0.339 e. The van der Waals surface area contributed by atoms with Crippen molar-refractivity contribution in [2.75, 3.05) is 31.6 Å². The Bertz CT molecular complexity index is 410. The predicted octanol–water partition coefficient (Wildman–Crippen LogP) is 1.75. The molecule has 1 saturated carbocycles. The lowest BCUT2D eigenvalue weighted by Crippen LogP contribution is -2.39. The summed E-state index contributed by atoms with van der Waals surface area (Å²) in [6.07, 6.45) is 5.26. The van der Waals surface area contributed by atoms with Crippen molar-refractivity contribution in [1.82, 2.24) is 20.5 Å². The highest BCUT2D eigenvalue weighted by molar-refractivity contribution is 5.30. The fourth-order valence-electron chi connectivity index (χ4n) is 3.13. The summed E-state index contributed by atoms with van der Waals surface area (Å²) < 4.78 is 0. The van der Waals surface area contributed by atoms with Crippen LogP contribution in [0.15, 0.2) is 0 Å². The molecule has 2 heterocycles. The van der Waals surface area contributed by atoms with Gasteiger partial charge in [-0.3, -0.25) is 5.10 Å². The van der Waals surface area contributed by atoms with E-state index in [9.17, 15) is 0 Å². The fraction of sp³-hybridized carbons (Fsp3) is 0.857. The highest BCUT2D eigenvalue weighted by Crippen LogP contribution is 2.41. The van der Waals surface area contributed by atoms with Gasteiger partial charge in [0.25, 0.3) is 0 Å². The maximum absolute atomic E-state index is 4.73. The second-order valence-corrected chi connectivity index (χ2v) is 6.16. The summed E-state index contributed by atoms with van der Waals surface area (Å²) >= 11 is 0. The zero-order valence-electron chi connectivity index (χ0n) is 12.0. The van der Waals surface area contributed by atoms with E-state index in [2.05, 4.69) is 27.3 Å². The molecule has 1 aliphatic heterocycles. The normalized spacial score (nSPS) is 25.6. The molecule has 0 spiro atoms. The van der Waals surface area contributed by atoms with E-state index < -0.39 is 0 Å². The van der Waals surface area contributed by atoms with E-state index in [0.29, 0.717) is 5.92 Å². The number of rotatable bonds is 5. The second kappa shape index (κ2) is 5.49. The summed E-state index contributed by atoms with van der Waals surface area (Å²) in [6, 6.07) is 0. The van der Waals surface area contributed by atoms with E-state index in [4.69, 9.17) is 4.98 Å². The Morgan fingerprint density at radius 3 is 3.00 bits per heavy atom. The van der Waals surface area contributed by atoms with Gasteiger partial charge in [0.05, 0.1) is 0 Å². The van der Waals surface area contributed by atoms with Crippen LogP contribution in [0.3, 0.4) is 0 Å². The van der Waals surface area contributed by atoms with Crippen LogP contribution in [-0.2, 0) is 0 Å². The average molecular weight is 263 g/mol. The van der Waals surface area contributed by atoms with Crippen molar-refractivity contribution in [3.63, 3.8) is 0 Å². The number of aromatic amines is 1. The van der Waals surface area contributed by atoms with Crippen molar-refractivity contribution in [1.29, 1.82) is 0 Å². The molecule has 2 unspecified atom stereocenters. The van der Waals surface area contributed by atoms with Crippen LogP contribution in [0.1, 0.15) is 44.3 Å². The van der Waals surface area contributed by atoms with Gasteiger partial charge >= 0.3 is 0 Å². The minimum atomic E-state index is 0.541. The number of H-pyrrole nitrogens is 1. The summed E-state index contributed by atoms with van der Waals surface area (Å²) in [5, 5.41) is 10.9. The van der Waals surface area contributed by atoms with E-state index in [1.54, 1.807) is 0 Å². The molecule has 2 atom stereocenters. The van der Waals surface area contributed by atoms with Crippen molar-refractivity contribution in [3.8, 4) is 0 Å². The maximum Gasteiger partial charge on any atom is 0.244 e. The number of hydrogen-bond donors (Lipinski definition) is 2. The van der Waals surface area contributed by atoms with Gasteiger partial charge in [-0.25, -0.2) is 0 Å². The molecule has 3 rings (SSSR count). The molecule has 5 heteroatoms. The van der Waals surface area contributed by atoms with Gasteiger partial charge in [-0.05, 0) is 51.1 Å². The predicted molar refractivity (Wildman–Crippen MR) is 76.4 cm³/mol. The zero-order valence-corrected chi connectivity index (χ0v) is 12.0. The van der Waals surface area contributed by atoms with Gasteiger partial charge in [0.2, 0.25) is 5.95 Å². The molecular formula is C14H25N5. The van der Waals surface area contributed by atoms with Crippen LogP contribution in [0.2, 0.25) is 0 Å². The Morgan fingerprint density at radius 2 is 2.26 bits per heavy atom. The molecule has 5 nitrogen and oxygen atoms in total. The zero-order chi connectivity index (χ0) is 13.2. The Morgan fingerprint density at radius 1 is 1.42 bits per heavy atom. The Hall–Kier alpha value is -1.10. The van der Waals surface area contributed by atoms with Crippen molar-refractivity contribution >= 4 is 5.95 Å². The number of piperidine rings is 1. The highest BCUT2D eigenvalue weighted by Gasteiger charge is 2.31. The van der Waals surface area contributed by atoms with Gasteiger partial charge in [0.1, 0.15) is 5.82 Å². The first-order valence-corrected chi connectivity index (χ1v) is 7.59. The van der Waals surface area contributed by atoms with Crippen LogP contribution in [0.4, 0.5) is 5.95 Å². The molecule has 2 aliphatic rings. The standard InChI is InChI=1S/C14H25N5/c1-10(12-5-6-12)13-16-14(18-17-13)19-7-3-4-11(9-19)8-15-2/h10-12,15H,3-9H2,1-2H3,(H,16,17,18). The van der Waals surface area contributed by atoms with Crippen molar-refractivity contribution in [2.24, 2.45) is 11.8 Å². The molecule has 0 aromatic carbocycles. The molecular weight excluding hydrogens is 238 g/mol. The first-order chi connectivity index (χ1) is 9.28.